The number of halogens is 1. The molecule has 0 radical (unpaired) electrons. The number of Topliss-reactive ketones (excluding diaryl/α,β-unsaturated/α-hetero) is 1. The molecule has 188 valence electrons. The summed E-state index contributed by atoms with van der Waals surface area (Å²) in [6, 6.07) is 4.92. The maximum Gasteiger partial charge on any atom is 0.348 e. The summed E-state index contributed by atoms with van der Waals surface area (Å²) in [5.74, 6) is 1.01. The van der Waals surface area contributed by atoms with E-state index in [9.17, 15) is 19.6 Å². The Kier molecular flexibility index (Phi) is 10.5. The first-order chi connectivity index (χ1) is 17.2. The van der Waals surface area contributed by atoms with Gasteiger partial charge in [0.2, 0.25) is 0 Å². The maximum absolute atomic E-state index is 13.1. The first-order valence-electron chi connectivity index (χ1n) is 10.8. The first kappa shape index (κ1) is 28.4. The van der Waals surface area contributed by atoms with Crippen LogP contribution in [0.3, 0.4) is 0 Å². The van der Waals surface area contributed by atoms with E-state index in [0.717, 1.165) is 11.3 Å². The fraction of sp³-hybridized carbons (Fsp3) is 0.308. The van der Waals surface area contributed by atoms with Gasteiger partial charge in [0.05, 0.1) is 36.5 Å². The lowest BCUT2D eigenvalue weighted by Gasteiger charge is -2.11. The summed E-state index contributed by atoms with van der Waals surface area (Å²) in [6.07, 6.45) is 6.27. The van der Waals surface area contributed by atoms with E-state index in [4.69, 9.17) is 37.0 Å². The summed E-state index contributed by atoms with van der Waals surface area (Å²) in [7, 11) is 1.41. The smallest absolute Gasteiger partial charge is 0.348 e. The molecule has 0 spiro atoms. The number of nitriles is 1. The van der Waals surface area contributed by atoms with Crippen LogP contribution in [-0.2, 0) is 20.7 Å². The predicted molar refractivity (Wildman–Crippen MR) is 136 cm³/mol. The molecule has 1 heterocycles. The molecule has 1 aromatic heterocycles. The standard InChI is InChI=1S/C26H24ClNO7S/c1-6-9-35-23-18(27)11-16(12-20(23)32-5)10-17(14-28)19(29)13-21-22(25(30)33-7-2)15(4)24(36-21)26(31)34-8-3/h1,10-12H,7-9,13H2,2-5H3. The molecule has 0 N–H and O–H groups in total. The van der Waals surface area contributed by atoms with Gasteiger partial charge in [-0.05, 0) is 50.1 Å². The Bertz CT molecular complexity index is 1280. The van der Waals surface area contributed by atoms with Crippen molar-refractivity contribution >= 4 is 46.7 Å². The molecule has 2 aromatic rings. The molecule has 0 unspecified atom stereocenters. The van der Waals surface area contributed by atoms with Crippen LogP contribution in [0.25, 0.3) is 6.08 Å². The largest absolute Gasteiger partial charge is 0.493 e. The van der Waals surface area contributed by atoms with Gasteiger partial charge in [-0.25, -0.2) is 9.59 Å². The van der Waals surface area contributed by atoms with E-state index in [1.807, 2.05) is 6.07 Å². The third-order valence-corrected chi connectivity index (χ3v) is 6.32. The normalized spacial score (nSPS) is 10.7. The highest BCUT2D eigenvalue weighted by molar-refractivity contribution is 7.14. The SMILES string of the molecule is C#CCOc1c(Cl)cc(C=C(C#N)C(=O)Cc2sc(C(=O)OCC)c(C)c2C(=O)OCC)cc1OC. The highest BCUT2D eigenvalue weighted by Crippen LogP contribution is 2.37. The number of hydrogen-bond acceptors (Lipinski definition) is 9. The summed E-state index contributed by atoms with van der Waals surface area (Å²) >= 11 is 7.24. The van der Waals surface area contributed by atoms with Crippen LogP contribution < -0.4 is 9.47 Å². The Morgan fingerprint density at radius 2 is 1.83 bits per heavy atom. The van der Waals surface area contributed by atoms with Crippen molar-refractivity contribution in [2.45, 2.75) is 27.2 Å². The van der Waals surface area contributed by atoms with Crippen molar-refractivity contribution in [1.82, 2.24) is 0 Å². The molecule has 0 aliphatic heterocycles. The van der Waals surface area contributed by atoms with Gasteiger partial charge < -0.3 is 18.9 Å². The second-order valence-electron chi connectivity index (χ2n) is 7.09. The molecule has 36 heavy (non-hydrogen) atoms. The van der Waals surface area contributed by atoms with Crippen molar-refractivity contribution in [1.29, 1.82) is 5.26 Å². The van der Waals surface area contributed by atoms with Crippen LogP contribution >= 0.6 is 22.9 Å². The van der Waals surface area contributed by atoms with Crippen LogP contribution in [0.1, 0.15) is 49.9 Å². The van der Waals surface area contributed by atoms with Gasteiger partial charge in [0, 0.05) is 11.3 Å². The first-order valence-corrected chi connectivity index (χ1v) is 12.0. The van der Waals surface area contributed by atoms with Crippen LogP contribution in [-0.4, -0.2) is 44.7 Å². The molecule has 0 saturated carbocycles. The Morgan fingerprint density at radius 1 is 1.17 bits per heavy atom. The molecule has 0 aliphatic rings. The molecule has 1 aromatic carbocycles. The summed E-state index contributed by atoms with van der Waals surface area (Å²) in [5.41, 5.74) is 0.704. The van der Waals surface area contributed by atoms with Crippen LogP contribution in [0.2, 0.25) is 5.02 Å². The Hall–Kier alpha value is -3.79. The number of terminal acetylenes is 1. The monoisotopic (exact) mass is 529 g/mol. The number of esters is 2. The van der Waals surface area contributed by atoms with Crippen LogP contribution in [0, 0.1) is 30.6 Å². The number of rotatable bonds is 11. The van der Waals surface area contributed by atoms with Crippen molar-refractivity contribution in [3.8, 4) is 29.9 Å². The number of methoxy groups -OCH3 is 1. The zero-order valence-electron chi connectivity index (χ0n) is 20.2. The Morgan fingerprint density at radius 3 is 2.42 bits per heavy atom. The van der Waals surface area contributed by atoms with Crippen molar-refractivity contribution in [2.75, 3.05) is 26.9 Å². The molecule has 0 atom stereocenters. The number of ether oxygens (including phenoxy) is 4. The van der Waals surface area contributed by atoms with Gasteiger partial charge in [0.25, 0.3) is 0 Å². The topological polar surface area (TPSA) is 112 Å². The molecule has 0 fully saturated rings. The van der Waals surface area contributed by atoms with Crippen LogP contribution in [0.4, 0.5) is 0 Å². The Labute approximate surface area is 218 Å². The third kappa shape index (κ3) is 6.66. The highest BCUT2D eigenvalue weighted by atomic mass is 35.5. The molecule has 0 aliphatic carbocycles. The number of benzene rings is 1. The number of thiophene rings is 1. The lowest BCUT2D eigenvalue weighted by Crippen LogP contribution is -2.12. The average Bonchev–Trinajstić information content (AvgIpc) is 3.17. The minimum atomic E-state index is -0.661. The minimum absolute atomic E-state index is 0.0238. The lowest BCUT2D eigenvalue weighted by molar-refractivity contribution is -0.114. The second kappa shape index (κ2) is 13.3. The average molecular weight is 530 g/mol. The number of allylic oxidation sites excluding steroid dienone is 1. The number of nitrogens with zero attached hydrogens (tertiary/aromatic N) is 1. The number of hydrogen-bond donors (Lipinski definition) is 0. The minimum Gasteiger partial charge on any atom is -0.493 e. The molecule has 0 amide bonds. The molecule has 0 saturated heterocycles. The van der Waals surface area contributed by atoms with E-state index < -0.39 is 17.7 Å². The van der Waals surface area contributed by atoms with Gasteiger partial charge in [0.15, 0.2) is 17.3 Å². The van der Waals surface area contributed by atoms with Crippen molar-refractivity contribution in [3.63, 3.8) is 0 Å². The number of carbonyl (C=O) groups excluding carboxylic acids is 3. The molecular weight excluding hydrogens is 506 g/mol. The van der Waals surface area contributed by atoms with E-state index >= 15 is 0 Å². The fourth-order valence-corrected chi connectivity index (χ4v) is 4.68. The van der Waals surface area contributed by atoms with E-state index in [1.165, 1.54) is 19.3 Å². The third-order valence-electron chi connectivity index (χ3n) is 4.76. The Balaban J connectivity index is 2.46. The molecule has 10 heteroatoms. The predicted octanol–water partition coefficient (Wildman–Crippen LogP) is 4.80. The quantitative estimate of drug-likeness (QED) is 0.176. The van der Waals surface area contributed by atoms with E-state index in [2.05, 4.69) is 5.92 Å². The molecule has 8 nitrogen and oxygen atoms in total. The fourth-order valence-electron chi connectivity index (χ4n) is 3.22. The van der Waals surface area contributed by atoms with E-state index in [-0.39, 0.29) is 58.8 Å². The van der Waals surface area contributed by atoms with Gasteiger partial charge >= 0.3 is 11.9 Å². The lowest BCUT2D eigenvalue weighted by atomic mass is 10.0. The van der Waals surface area contributed by atoms with Gasteiger partial charge in [-0.2, -0.15) is 5.26 Å². The summed E-state index contributed by atoms with van der Waals surface area (Å²) in [6.45, 7) is 5.14. The summed E-state index contributed by atoms with van der Waals surface area (Å²) in [5, 5.41) is 9.85. The van der Waals surface area contributed by atoms with E-state index in [1.54, 1.807) is 26.8 Å². The van der Waals surface area contributed by atoms with Crippen LogP contribution in [0.15, 0.2) is 17.7 Å². The van der Waals surface area contributed by atoms with E-state index in [0.29, 0.717) is 16.0 Å². The van der Waals surface area contributed by atoms with Crippen LogP contribution in [0.5, 0.6) is 11.5 Å². The zero-order chi connectivity index (χ0) is 26.8. The van der Waals surface area contributed by atoms with Gasteiger partial charge in [-0.15, -0.1) is 17.8 Å². The molecule has 0 bridgehead atoms. The molecular formula is C26H24ClNO7S. The molecule has 2 rings (SSSR count). The summed E-state index contributed by atoms with van der Waals surface area (Å²) < 4.78 is 20.9. The number of carbonyl (C=O) groups is 3. The summed E-state index contributed by atoms with van der Waals surface area (Å²) in [4.78, 5) is 38.5. The van der Waals surface area contributed by atoms with Gasteiger partial charge in [-0.1, -0.05) is 17.5 Å². The van der Waals surface area contributed by atoms with Gasteiger partial charge in [-0.3, -0.25) is 4.79 Å². The van der Waals surface area contributed by atoms with Crippen molar-refractivity contribution in [3.05, 3.63) is 49.2 Å². The zero-order valence-corrected chi connectivity index (χ0v) is 21.8. The van der Waals surface area contributed by atoms with Crippen molar-refractivity contribution < 1.29 is 33.3 Å². The maximum atomic E-state index is 13.1. The highest BCUT2D eigenvalue weighted by Gasteiger charge is 2.28. The van der Waals surface area contributed by atoms with Gasteiger partial charge in [0.1, 0.15) is 17.6 Å². The second-order valence-corrected chi connectivity index (χ2v) is 8.60. The van der Waals surface area contributed by atoms with Crippen molar-refractivity contribution in [2.24, 2.45) is 0 Å². The number of ketones is 1.